The van der Waals surface area contributed by atoms with Gasteiger partial charge in [-0.2, -0.15) is 0 Å². The number of amides is 1. The SMILES string of the molecule is COc1ccc2cc(CN(C)C(=O)CN3CCN([C@@H]4CCS(=O)(=O)C4)CC3)ccc2c1. The van der Waals surface area contributed by atoms with E-state index in [0.717, 1.165) is 54.7 Å². The van der Waals surface area contributed by atoms with Crippen LogP contribution in [0, 0.1) is 0 Å². The van der Waals surface area contributed by atoms with Crippen LogP contribution in [0.15, 0.2) is 36.4 Å². The van der Waals surface area contributed by atoms with E-state index in [4.69, 9.17) is 4.74 Å². The Morgan fingerprint density at radius 1 is 1.10 bits per heavy atom. The van der Waals surface area contributed by atoms with E-state index < -0.39 is 9.84 Å². The van der Waals surface area contributed by atoms with Gasteiger partial charge in [-0.1, -0.05) is 18.2 Å². The highest BCUT2D eigenvalue weighted by molar-refractivity contribution is 7.91. The van der Waals surface area contributed by atoms with Gasteiger partial charge in [0.25, 0.3) is 0 Å². The standard InChI is InChI=1S/C23H31N3O4S/c1-24(15-18-3-4-20-14-22(30-2)6-5-19(20)13-18)23(27)16-25-8-10-26(11-9-25)21-7-12-31(28,29)17-21/h3-6,13-14,21H,7-12,15-17H2,1-2H3/t21-/m1/s1. The van der Waals surface area contributed by atoms with Gasteiger partial charge in [0.2, 0.25) is 5.91 Å². The fraction of sp³-hybridized carbons (Fsp3) is 0.522. The second-order valence-corrected chi connectivity index (χ2v) is 10.9. The van der Waals surface area contributed by atoms with Crippen LogP contribution < -0.4 is 4.74 Å². The van der Waals surface area contributed by atoms with Crippen LogP contribution in [0.25, 0.3) is 10.8 Å². The van der Waals surface area contributed by atoms with Crippen molar-refractivity contribution in [1.82, 2.24) is 14.7 Å². The van der Waals surface area contributed by atoms with Crippen LogP contribution in [0.4, 0.5) is 0 Å². The Hall–Kier alpha value is -2.16. The molecule has 0 aliphatic carbocycles. The molecule has 0 bridgehead atoms. The molecule has 2 aliphatic rings. The maximum absolute atomic E-state index is 12.8. The highest BCUT2D eigenvalue weighted by atomic mass is 32.2. The van der Waals surface area contributed by atoms with Crippen molar-refractivity contribution in [2.75, 3.05) is 58.4 Å². The molecule has 0 aromatic heterocycles. The minimum absolute atomic E-state index is 0.103. The number of hydrogen-bond acceptors (Lipinski definition) is 6. The third-order valence-electron chi connectivity index (χ3n) is 6.45. The van der Waals surface area contributed by atoms with E-state index in [9.17, 15) is 13.2 Å². The molecule has 2 fully saturated rings. The van der Waals surface area contributed by atoms with Crippen molar-refractivity contribution < 1.29 is 17.9 Å². The number of benzene rings is 2. The monoisotopic (exact) mass is 445 g/mol. The Kier molecular flexibility index (Phi) is 6.50. The largest absolute Gasteiger partial charge is 0.497 e. The molecule has 0 N–H and O–H groups in total. The van der Waals surface area contributed by atoms with Gasteiger partial charge < -0.3 is 9.64 Å². The minimum atomic E-state index is -2.86. The summed E-state index contributed by atoms with van der Waals surface area (Å²) < 4.78 is 28.7. The number of carbonyl (C=O) groups excluding carboxylic acids is 1. The van der Waals surface area contributed by atoms with Gasteiger partial charge >= 0.3 is 0 Å². The molecule has 0 saturated carbocycles. The smallest absolute Gasteiger partial charge is 0.236 e. The average Bonchev–Trinajstić information content (AvgIpc) is 3.13. The first kappa shape index (κ1) is 22.0. The number of likely N-dealkylation sites (N-methyl/N-ethyl adjacent to an activating group) is 1. The molecule has 2 aliphatic heterocycles. The fourth-order valence-corrected chi connectivity index (χ4v) is 6.28. The zero-order valence-corrected chi connectivity index (χ0v) is 19.1. The zero-order valence-electron chi connectivity index (χ0n) is 18.3. The first-order valence-electron chi connectivity index (χ1n) is 10.8. The predicted molar refractivity (Wildman–Crippen MR) is 122 cm³/mol. The summed E-state index contributed by atoms with van der Waals surface area (Å²) in [6, 6.07) is 12.4. The van der Waals surface area contributed by atoms with Crippen LogP contribution in [0.1, 0.15) is 12.0 Å². The summed E-state index contributed by atoms with van der Waals surface area (Å²) in [6.07, 6.45) is 0.739. The minimum Gasteiger partial charge on any atom is -0.497 e. The van der Waals surface area contributed by atoms with Crippen molar-refractivity contribution in [3.05, 3.63) is 42.0 Å². The van der Waals surface area contributed by atoms with Gasteiger partial charge in [-0.05, 0) is 41.0 Å². The maximum Gasteiger partial charge on any atom is 0.236 e. The van der Waals surface area contributed by atoms with Gasteiger partial charge in [-0.3, -0.25) is 14.6 Å². The molecule has 2 aromatic carbocycles. The molecule has 4 rings (SSSR count). The van der Waals surface area contributed by atoms with Crippen LogP contribution in [0.5, 0.6) is 5.75 Å². The lowest BCUT2D eigenvalue weighted by atomic mass is 10.1. The Bertz CT molecular complexity index is 1050. The van der Waals surface area contributed by atoms with Gasteiger partial charge in [0.15, 0.2) is 9.84 Å². The van der Waals surface area contributed by atoms with E-state index in [0.29, 0.717) is 18.8 Å². The van der Waals surface area contributed by atoms with Crippen molar-refractivity contribution in [3.8, 4) is 5.75 Å². The lowest BCUT2D eigenvalue weighted by Crippen LogP contribution is -2.52. The van der Waals surface area contributed by atoms with Gasteiger partial charge in [0.05, 0.1) is 25.2 Å². The van der Waals surface area contributed by atoms with E-state index >= 15 is 0 Å². The number of sulfone groups is 1. The first-order valence-corrected chi connectivity index (χ1v) is 12.6. The van der Waals surface area contributed by atoms with Crippen LogP contribution in [-0.4, -0.2) is 93.5 Å². The number of nitrogens with zero attached hydrogens (tertiary/aromatic N) is 3. The summed E-state index contributed by atoms with van der Waals surface area (Å²) in [4.78, 5) is 19.0. The molecule has 0 spiro atoms. The number of carbonyl (C=O) groups is 1. The highest BCUT2D eigenvalue weighted by Crippen LogP contribution is 2.23. The second kappa shape index (κ2) is 9.14. The van der Waals surface area contributed by atoms with Crippen LogP contribution in [-0.2, 0) is 21.2 Å². The lowest BCUT2D eigenvalue weighted by Gasteiger charge is -2.37. The Morgan fingerprint density at radius 2 is 1.81 bits per heavy atom. The highest BCUT2D eigenvalue weighted by Gasteiger charge is 2.33. The molecule has 1 amide bonds. The van der Waals surface area contributed by atoms with Crippen molar-refractivity contribution >= 4 is 26.5 Å². The summed E-state index contributed by atoms with van der Waals surface area (Å²) in [5, 5.41) is 2.24. The van der Waals surface area contributed by atoms with E-state index in [1.54, 1.807) is 12.0 Å². The van der Waals surface area contributed by atoms with Crippen molar-refractivity contribution in [2.24, 2.45) is 0 Å². The van der Waals surface area contributed by atoms with Crippen molar-refractivity contribution in [3.63, 3.8) is 0 Å². The number of hydrogen-bond donors (Lipinski definition) is 0. The molecule has 2 saturated heterocycles. The Labute approximate surface area is 184 Å². The molecule has 31 heavy (non-hydrogen) atoms. The van der Waals surface area contributed by atoms with Gasteiger partial charge in [0.1, 0.15) is 5.75 Å². The predicted octanol–water partition coefficient (Wildman–Crippen LogP) is 1.61. The van der Waals surface area contributed by atoms with Crippen LogP contribution in [0.3, 0.4) is 0 Å². The molecule has 0 unspecified atom stereocenters. The summed E-state index contributed by atoms with van der Waals surface area (Å²) in [6.45, 7) is 4.22. The molecular weight excluding hydrogens is 414 g/mol. The molecule has 7 nitrogen and oxygen atoms in total. The molecular formula is C23H31N3O4S. The third-order valence-corrected chi connectivity index (χ3v) is 8.20. The topological polar surface area (TPSA) is 70.2 Å². The second-order valence-electron chi connectivity index (χ2n) is 8.67. The summed E-state index contributed by atoms with van der Waals surface area (Å²) in [5.41, 5.74) is 1.10. The molecule has 8 heteroatoms. The van der Waals surface area contributed by atoms with Crippen molar-refractivity contribution in [1.29, 1.82) is 0 Å². The van der Waals surface area contributed by atoms with Crippen LogP contribution >= 0.6 is 0 Å². The van der Waals surface area contributed by atoms with Crippen LogP contribution in [0.2, 0.25) is 0 Å². The number of methoxy groups -OCH3 is 1. The van der Waals surface area contributed by atoms with E-state index in [1.165, 1.54) is 0 Å². The van der Waals surface area contributed by atoms with E-state index in [1.807, 2.05) is 25.2 Å². The van der Waals surface area contributed by atoms with Gasteiger partial charge in [-0.15, -0.1) is 0 Å². The number of ether oxygens (including phenoxy) is 1. The molecule has 168 valence electrons. The quantitative estimate of drug-likeness (QED) is 0.673. The fourth-order valence-electron chi connectivity index (χ4n) is 4.52. The number of fused-ring (bicyclic) bond motifs is 1. The summed E-state index contributed by atoms with van der Waals surface area (Å²) in [5.74, 6) is 1.53. The molecule has 1 atom stereocenters. The average molecular weight is 446 g/mol. The summed E-state index contributed by atoms with van der Waals surface area (Å²) in [7, 11) is 0.651. The Morgan fingerprint density at radius 3 is 2.48 bits per heavy atom. The first-order chi connectivity index (χ1) is 14.8. The maximum atomic E-state index is 12.8. The van der Waals surface area contributed by atoms with Gasteiger partial charge in [0, 0.05) is 45.8 Å². The van der Waals surface area contributed by atoms with E-state index in [-0.39, 0.29) is 17.7 Å². The van der Waals surface area contributed by atoms with E-state index in [2.05, 4.69) is 28.0 Å². The lowest BCUT2D eigenvalue weighted by molar-refractivity contribution is -0.132. The number of rotatable bonds is 6. The molecule has 2 aromatic rings. The molecule has 0 radical (unpaired) electrons. The normalized spacial score (nSPS) is 21.9. The Balaban J connectivity index is 1.28. The van der Waals surface area contributed by atoms with Gasteiger partial charge in [-0.25, -0.2) is 8.42 Å². The third kappa shape index (κ3) is 5.37. The zero-order chi connectivity index (χ0) is 22.0. The van der Waals surface area contributed by atoms with Crippen molar-refractivity contribution in [2.45, 2.75) is 19.0 Å². The summed E-state index contributed by atoms with van der Waals surface area (Å²) >= 11 is 0. The number of piperazine rings is 1. The molecule has 2 heterocycles.